The highest BCUT2D eigenvalue weighted by molar-refractivity contribution is 5.87. The third kappa shape index (κ3) is 3.89. The van der Waals surface area contributed by atoms with Gasteiger partial charge in [0.15, 0.2) is 11.5 Å². The molecule has 2 saturated heterocycles. The molecule has 0 aromatic heterocycles. The van der Waals surface area contributed by atoms with Crippen LogP contribution in [-0.4, -0.2) is 55.0 Å². The Bertz CT molecular complexity index is 424. The van der Waals surface area contributed by atoms with Crippen molar-refractivity contribution in [2.45, 2.75) is 51.2 Å². The van der Waals surface area contributed by atoms with E-state index in [1.54, 1.807) is 0 Å². The predicted octanol–water partition coefficient (Wildman–Crippen LogP) is -1.27. The maximum Gasteiger partial charge on any atom is 0.306 e. The molecule has 0 aromatic carbocycles. The summed E-state index contributed by atoms with van der Waals surface area (Å²) in [4.78, 5) is 11.9. The molecule has 2 heterocycles. The van der Waals surface area contributed by atoms with Gasteiger partial charge in [0.2, 0.25) is 0 Å². The molecule has 3 fully saturated rings. The summed E-state index contributed by atoms with van der Waals surface area (Å²) in [5, 5.41) is 0. The maximum absolute atomic E-state index is 11.9. The van der Waals surface area contributed by atoms with Crippen LogP contribution < -0.4 is 17.0 Å². The molecule has 3 rings (SSSR count). The first-order chi connectivity index (χ1) is 10.2. The Morgan fingerprint density at radius 3 is 2.64 bits per heavy atom. The molecule has 0 radical (unpaired) electrons. The topological polar surface area (TPSA) is 47.8 Å². The SMILES string of the molecule is CCOC(=O)CC1CC2(CCC1=[N+]1CCCC1)OCCO2.[Br-]. The summed E-state index contributed by atoms with van der Waals surface area (Å²) in [5.41, 5.74) is 1.42. The molecule has 5 nitrogen and oxygen atoms in total. The first-order valence-corrected chi connectivity index (χ1v) is 8.27. The highest BCUT2D eigenvalue weighted by atomic mass is 79.9. The molecule has 1 aliphatic carbocycles. The van der Waals surface area contributed by atoms with Crippen LogP contribution in [-0.2, 0) is 19.0 Å². The lowest BCUT2D eigenvalue weighted by molar-refractivity contribution is -0.510. The van der Waals surface area contributed by atoms with E-state index >= 15 is 0 Å². The van der Waals surface area contributed by atoms with E-state index in [4.69, 9.17) is 14.2 Å². The lowest BCUT2D eigenvalue weighted by Crippen LogP contribution is -3.00. The monoisotopic (exact) mass is 375 g/mol. The van der Waals surface area contributed by atoms with Crippen LogP contribution in [0.3, 0.4) is 0 Å². The van der Waals surface area contributed by atoms with Crippen LogP contribution in [0.2, 0.25) is 0 Å². The molecule has 1 atom stereocenters. The second kappa shape index (κ2) is 7.88. The van der Waals surface area contributed by atoms with Gasteiger partial charge in [0.05, 0.1) is 32.2 Å². The van der Waals surface area contributed by atoms with Crippen molar-refractivity contribution in [2.24, 2.45) is 5.92 Å². The van der Waals surface area contributed by atoms with Crippen LogP contribution in [0.5, 0.6) is 0 Å². The molecule has 0 aromatic rings. The van der Waals surface area contributed by atoms with E-state index in [1.807, 2.05) is 6.92 Å². The van der Waals surface area contributed by atoms with E-state index in [-0.39, 0.29) is 28.9 Å². The standard InChI is InChI=1S/C16H26NO4.BrH/c1-2-19-15(18)11-13-12-16(20-9-10-21-16)6-5-14(13)17-7-3-4-8-17;/h13H,2-12H2,1H3;1H/q+1;/p-1. The molecule has 1 unspecified atom stereocenters. The maximum atomic E-state index is 11.9. The summed E-state index contributed by atoms with van der Waals surface area (Å²) in [6, 6.07) is 0. The molecule has 3 aliphatic rings. The highest BCUT2D eigenvalue weighted by Crippen LogP contribution is 2.39. The Kier molecular flexibility index (Phi) is 6.41. The summed E-state index contributed by atoms with van der Waals surface area (Å²) in [5.74, 6) is -0.344. The van der Waals surface area contributed by atoms with Gasteiger partial charge in [-0.1, -0.05) is 0 Å². The van der Waals surface area contributed by atoms with Gasteiger partial charge in [-0.3, -0.25) is 4.79 Å². The summed E-state index contributed by atoms with van der Waals surface area (Å²) in [6.07, 6.45) is 5.65. The molecule has 126 valence electrons. The number of ether oxygens (including phenoxy) is 3. The van der Waals surface area contributed by atoms with Crippen molar-refractivity contribution in [3.63, 3.8) is 0 Å². The van der Waals surface area contributed by atoms with Crippen LogP contribution in [0.1, 0.15) is 45.4 Å². The van der Waals surface area contributed by atoms with Gasteiger partial charge in [0, 0.05) is 32.1 Å². The number of carbonyl (C=O) groups is 1. The Morgan fingerprint density at radius 1 is 1.32 bits per heavy atom. The fourth-order valence-corrected chi connectivity index (χ4v) is 3.91. The number of carbonyl (C=O) groups excluding carboxylic acids is 1. The molecule has 0 bridgehead atoms. The van der Waals surface area contributed by atoms with Crippen LogP contribution in [0.15, 0.2) is 0 Å². The Morgan fingerprint density at radius 2 is 2.00 bits per heavy atom. The number of hydrogen-bond donors (Lipinski definition) is 0. The van der Waals surface area contributed by atoms with Crippen molar-refractivity contribution in [2.75, 3.05) is 32.9 Å². The van der Waals surface area contributed by atoms with Crippen LogP contribution in [0.25, 0.3) is 0 Å². The zero-order chi connectivity index (χ0) is 14.7. The van der Waals surface area contributed by atoms with Crippen molar-refractivity contribution in [3.8, 4) is 0 Å². The van der Waals surface area contributed by atoms with Crippen LogP contribution in [0.4, 0.5) is 0 Å². The van der Waals surface area contributed by atoms with Crippen molar-refractivity contribution >= 4 is 11.7 Å². The summed E-state index contributed by atoms with van der Waals surface area (Å²) in [7, 11) is 0. The van der Waals surface area contributed by atoms with E-state index in [0.29, 0.717) is 26.2 Å². The lowest BCUT2D eigenvalue weighted by Gasteiger charge is -2.35. The van der Waals surface area contributed by atoms with E-state index in [2.05, 4.69) is 4.58 Å². The second-order valence-corrected chi connectivity index (χ2v) is 6.20. The fraction of sp³-hybridized carbons (Fsp3) is 0.875. The zero-order valence-corrected chi connectivity index (χ0v) is 14.9. The van der Waals surface area contributed by atoms with Gasteiger partial charge in [-0.15, -0.1) is 0 Å². The second-order valence-electron chi connectivity index (χ2n) is 6.20. The fourth-order valence-electron chi connectivity index (χ4n) is 3.91. The van der Waals surface area contributed by atoms with Gasteiger partial charge in [0.25, 0.3) is 0 Å². The van der Waals surface area contributed by atoms with Crippen LogP contribution >= 0.6 is 0 Å². The molecule has 1 saturated carbocycles. The Labute approximate surface area is 142 Å². The number of hydrogen-bond acceptors (Lipinski definition) is 4. The summed E-state index contributed by atoms with van der Waals surface area (Å²) < 4.78 is 19.3. The van der Waals surface area contributed by atoms with Crippen molar-refractivity contribution in [3.05, 3.63) is 0 Å². The average molecular weight is 376 g/mol. The van der Waals surface area contributed by atoms with E-state index in [9.17, 15) is 4.79 Å². The van der Waals surface area contributed by atoms with Crippen molar-refractivity contribution < 1.29 is 40.6 Å². The van der Waals surface area contributed by atoms with Crippen molar-refractivity contribution in [1.82, 2.24) is 0 Å². The van der Waals surface area contributed by atoms with E-state index < -0.39 is 5.79 Å². The molecule has 6 heteroatoms. The lowest BCUT2D eigenvalue weighted by atomic mass is 9.80. The van der Waals surface area contributed by atoms with Gasteiger partial charge >= 0.3 is 5.97 Å². The summed E-state index contributed by atoms with van der Waals surface area (Å²) in [6.45, 7) is 5.90. The molecule has 0 N–H and O–H groups in total. The molecule has 22 heavy (non-hydrogen) atoms. The van der Waals surface area contributed by atoms with Gasteiger partial charge in [0.1, 0.15) is 13.1 Å². The number of nitrogens with zero attached hydrogens (tertiary/aromatic N) is 1. The molecular weight excluding hydrogens is 350 g/mol. The third-order valence-electron chi connectivity index (χ3n) is 4.83. The Hall–Kier alpha value is -0.460. The van der Waals surface area contributed by atoms with Gasteiger partial charge < -0.3 is 31.2 Å². The van der Waals surface area contributed by atoms with Gasteiger partial charge in [-0.2, -0.15) is 0 Å². The van der Waals surface area contributed by atoms with Crippen LogP contribution in [0, 0.1) is 5.92 Å². The third-order valence-corrected chi connectivity index (χ3v) is 4.83. The average Bonchev–Trinajstić information content (AvgIpc) is 3.12. The van der Waals surface area contributed by atoms with Crippen molar-refractivity contribution in [1.29, 1.82) is 0 Å². The predicted molar refractivity (Wildman–Crippen MR) is 77.5 cm³/mol. The van der Waals surface area contributed by atoms with E-state index in [0.717, 1.165) is 32.4 Å². The smallest absolute Gasteiger partial charge is 0.306 e. The molecule has 0 amide bonds. The molecule has 2 aliphatic heterocycles. The first kappa shape index (κ1) is 17.9. The molecule has 1 spiro atoms. The summed E-state index contributed by atoms with van der Waals surface area (Å²) >= 11 is 0. The first-order valence-electron chi connectivity index (χ1n) is 8.27. The van der Waals surface area contributed by atoms with E-state index in [1.165, 1.54) is 18.6 Å². The Balaban J connectivity index is 0.00000176. The number of halogens is 1. The highest BCUT2D eigenvalue weighted by Gasteiger charge is 2.47. The molecular formula is C16H26BrNO4. The number of esters is 1. The van der Waals surface area contributed by atoms with Gasteiger partial charge in [-0.25, -0.2) is 4.58 Å². The zero-order valence-electron chi connectivity index (χ0n) is 13.3. The minimum Gasteiger partial charge on any atom is -1.00 e. The van der Waals surface area contributed by atoms with Gasteiger partial charge in [-0.05, 0) is 6.92 Å². The minimum absolute atomic E-state index is 0. The quantitative estimate of drug-likeness (QED) is 0.456. The largest absolute Gasteiger partial charge is 1.00 e. The normalized spacial score (nSPS) is 27.0. The number of rotatable bonds is 3. The minimum atomic E-state index is -0.444.